The highest BCUT2D eigenvalue weighted by molar-refractivity contribution is 5.85. The molecule has 0 aromatic heterocycles. The molecule has 1 saturated carbocycles. The lowest BCUT2D eigenvalue weighted by Crippen LogP contribution is -2.39. The predicted molar refractivity (Wildman–Crippen MR) is 74.7 cm³/mol. The minimum absolute atomic E-state index is 0.214. The molecule has 22 heavy (non-hydrogen) atoms. The van der Waals surface area contributed by atoms with Crippen molar-refractivity contribution < 1.29 is 22.7 Å². The standard InChI is InChI=1S/C16H18F3NO2/c17-16(18,19)7-8-20(9-11-5-6-11)15(21)13-10-22-14-4-2-1-3-12(13)14/h1-4,11,13H,5-10H2. The van der Waals surface area contributed by atoms with Crippen molar-refractivity contribution in [2.45, 2.75) is 31.4 Å². The average molecular weight is 313 g/mol. The van der Waals surface area contributed by atoms with Crippen LogP contribution in [-0.4, -0.2) is 36.7 Å². The number of carbonyl (C=O) groups excluding carboxylic acids is 1. The Labute approximate surface area is 127 Å². The first-order valence-electron chi connectivity index (χ1n) is 7.51. The van der Waals surface area contributed by atoms with Crippen LogP contribution >= 0.6 is 0 Å². The highest BCUT2D eigenvalue weighted by atomic mass is 19.4. The molecule has 2 aliphatic rings. The summed E-state index contributed by atoms with van der Waals surface area (Å²) in [6, 6.07) is 7.22. The van der Waals surface area contributed by atoms with E-state index in [1.165, 1.54) is 4.90 Å². The van der Waals surface area contributed by atoms with Crippen LogP contribution in [0.15, 0.2) is 24.3 Å². The summed E-state index contributed by atoms with van der Waals surface area (Å²) < 4.78 is 42.9. The molecule has 0 spiro atoms. The molecule has 1 amide bonds. The van der Waals surface area contributed by atoms with E-state index >= 15 is 0 Å². The maximum atomic E-state index is 12.7. The highest BCUT2D eigenvalue weighted by Crippen LogP contribution is 2.36. The van der Waals surface area contributed by atoms with Crippen molar-refractivity contribution in [3.63, 3.8) is 0 Å². The number of hydrogen-bond donors (Lipinski definition) is 0. The molecule has 1 aromatic rings. The Kier molecular flexibility index (Phi) is 4.02. The number of hydrogen-bond acceptors (Lipinski definition) is 2. The molecule has 0 N–H and O–H groups in total. The lowest BCUT2D eigenvalue weighted by atomic mass is 9.99. The van der Waals surface area contributed by atoms with E-state index in [-0.39, 0.29) is 19.1 Å². The maximum Gasteiger partial charge on any atom is 0.390 e. The van der Waals surface area contributed by atoms with E-state index in [2.05, 4.69) is 0 Å². The van der Waals surface area contributed by atoms with E-state index in [4.69, 9.17) is 4.74 Å². The van der Waals surface area contributed by atoms with Gasteiger partial charge >= 0.3 is 6.18 Å². The molecule has 3 rings (SSSR count). The van der Waals surface area contributed by atoms with Crippen LogP contribution in [0.3, 0.4) is 0 Å². The summed E-state index contributed by atoms with van der Waals surface area (Å²) in [6.07, 6.45) is -3.21. The minimum atomic E-state index is -4.24. The smallest absolute Gasteiger partial charge is 0.390 e. The number of benzene rings is 1. The van der Waals surface area contributed by atoms with E-state index in [9.17, 15) is 18.0 Å². The van der Waals surface area contributed by atoms with Gasteiger partial charge in [-0.05, 0) is 24.8 Å². The number of amides is 1. The summed E-state index contributed by atoms with van der Waals surface area (Å²) in [5.74, 6) is 0.280. The zero-order valence-electron chi connectivity index (χ0n) is 12.1. The average Bonchev–Trinajstić information content (AvgIpc) is 3.18. The molecule has 0 bridgehead atoms. The highest BCUT2D eigenvalue weighted by Gasteiger charge is 2.37. The fourth-order valence-electron chi connectivity index (χ4n) is 2.75. The molecule has 6 heteroatoms. The van der Waals surface area contributed by atoms with Gasteiger partial charge in [-0.2, -0.15) is 13.2 Å². The Morgan fingerprint density at radius 3 is 2.68 bits per heavy atom. The number of rotatable bonds is 5. The first-order chi connectivity index (χ1) is 10.4. The number of nitrogens with zero attached hydrogens (tertiary/aromatic N) is 1. The van der Waals surface area contributed by atoms with Crippen LogP contribution in [0.2, 0.25) is 0 Å². The molecule has 1 atom stereocenters. The third-order valence-corrected chi connectivity index (χ3v) is 4.15. The van der Waals surface area contributed by atoms with Crippen LogP contribution in [0.1, 0.15) is 30.7 Å². The molecule has 1 fully saturated rings. The second kappa shape index (κ2) is 5.82. The Morgan fingerprint density at radius 1 is 1.27 bits per heavy atom. The van der Waals surface area contributed by atoms with Crippen molar-refractivity contribution in [1.29, 1.82) is 0 Å². The molecule has 3 nitrogen and oxygen atoms in total. The second-order valence-corrected chi connectivity index (χ2v) is 5.99. The second-order valence-electron chi connectivity index (χ2n) is 5.99. The van der Waals surface area contributed by atoms with Crippen molar-refractivity contribution in [2.75, 3.05) is 19.7 Å². The topological polar surface area (TPSA) is 29.5 Å². The monoisotopic (exact) mass is 313 g/mol. The van der Waals surface area contributed by atoms with Gasteiger partial charge < -0.3 is 9.64 Å². The Morgan fingerprint density at radius 2 is 2.00 bits per heavy atom. The van der Waals surface area contributed by atoms with E-state index in [1.54, 1.807) is 6.07 Å². The number of carbonyl (C=O) groups is 1. The summed E-state index contributed by atoms with van der Waals surface area (Å²) in [6.45, 7) is 0.371. The summed E-state index contributed by atoms with van der Waals surface area (Å²) in [4.78, 5) is 14.0. The molecular formula is C16H18F3NO2. The molecule has 1 heterocycles. The van der Waals surface area contributed by atoms with E-state index in [0.29, 0.717) is 18.2 Å². The first kappa shape index (κ1) is 15.2. The van der Waals surface area contributed by atoms with Gasteiger partial charge in [0.05, 0.1) is 6.42 Å². The van der Waals surface area contributed by atoms with Gasteiger partial charge in [0.2, 0.25) is 5.91 Å². The molecule has 0 saturated heterocycles. The van der Waals surface area contributed by atoms with Crippen LogP contribution in [0, 0.1) is 5.92 Å². The Balaban J connectivity index is 1.71. The zero-order valence-corrected chi connectivity index (χ0v) is 12.1. The van der Waals surface area contributed by atoms with E-state index in [1.807, 2.05) is 18.2 Å². The van der Waals surface area contributed by atoms with Gasteiger partial charge in [0.25, 0.3) is 0 Å². The van der Waals surface area contributed by atoms with Gasteiger partial charge in [-0.15, -0.1) is 0 Å². The summed E-state index contributed by atoms with van der Waals surface area (Å²) in [7, 11) is 0. The minimum Gasteiger partial charge on any atom is -0.492 e. The Bertz CT molecular complexity index is 555. The SMILES string of the molecule is O=C(C1COc2ccccc21)N(CCC(F)(F)F)CC1CC1. The fraction of sp³-hybridized carbons (Fsp3) is 0.562. The normalized spacial score (nSPS) is 20.4. The molecular weight excluding hydrogens is 295 g/mol. The van der Waals surface area contributed by atoms with E-state index in [0.717, 1.165) is 18.4 Å². The van der Waals surface area contributed by atoms with Crippen molar-refractivity contribution in [2.24, 2.45) is 5.92 Å². The number of alkyl halides is 3. The third-order valence-electron chi connectivity index (χ3n) is 4.15. The number of ether oxygens (including phenoxy) is 1. The van der Waals surface area contributed by atoms with Gasteiger partial charge in [-0.1, -0.05) is 18.2 Å². The molecule has 1 aromatic carbocycles. The number of fused-ring (bicyclic) bond motifs is 1. The van der Waals surface area contributed by atoms with Crippen LogP contribution in [-0.2, 0) is 4.79 Å². The molecule has 1 unspecified atom stereocenters. The van der Waals surface area contributed by atoms with Gasteiger partial charge in [0.15, 0.2) is 0 Å². The first-order valence-corrected chi connectivity index (χ1v) is 7.51. The van der Waals surface area contributed by atoms with Crippen LogP contribution in [0.5, 0.6) is 5.75 Å². The van der Waals surface area contributed by atoms with Crippen LogP contribution in [0.4, 0.5) is 13.2 Å². The largest absolute Gasteiger partial charge is 0.492 e. The van der Waals surface area contributed by atoms with Gasteiger partial charge in [0.1, 0.15) is 18.3 Å². The van der Waals surface area contributed by atoms with Crippen molar-refractivity contribution in [3.8, 4) is 5.75 Å². The molecule has 0 radical (unpaired) electrons. The Hall–Kier alpha value is -1.72. The van der Waals surface area contributed by atoms with Crippen LogP contribution < -0.4 is 4.74 Å². The van der Waals surface area contributed by atoms with Crippen molar-refractivity contribution in [3.05, 3.63) is 29.8 Å². The number of para-hydroxylation sites is 1. The molecule has 1 aliphatic carbocycles. The summed E-state index contributed by atoms with van der Waals surface area (Å²) in [5.41, 5.74) is 0.778. The van der Waals surface area contributed by atoms with Gasteiger partial charge in [-0.3, -0.25) is 4.79 Å². The van der Waals surface area contributed by atoms with Gasteiger partial charge in [0, 0.05) is 18.7 Å². The zero-order chi connectivity index (χ0) is 15.7. The fourth-order valence-corrected chi connectivity index (χ4v) is 2.75. The molecule has 1 aliphatic heterocycles. The lowest BCUT2D eigenvalue weighted by Gasteiger charge is -2.26. The summed E-state index contributed by atoms with van der Waals surface area (Å²) >= 11 is 0. The van der Waals surface area contributed by atoms with Crippen molar-refractivity contribution in [1.82, 2.24) is 4.90 Å². The summed E-state index contributed by atoms with van der Waals surface area (Å²) in [5, 5.41) is 0. The predicted octanol–water partition coefficient (Wildman–Crippen LogP) is 3.35. The third kappa shape index (κ3) is 3.54. The molecule has 120 valence electrons. The number of halogens is 3. The quantitative estimate of drug-likeness (QED) is 0.834. The van der Waals surface area contributed by atoms with Crippen molar-refractivity contribution >= 4 is 5.91 Å². The lowest BCUT2D eigenvalue weighted by molar-refractivity contribution is -0.146. The van der Waals surface area contributed by atoms with E-state index < -0.39 is 18.5 Å². The van der Waals surface area contributed by atoms with Crippen LogP contribution in [0.25, 0.3) is 0 Å². The maximum absolute atomic E-state index is 12.7. The van der Waals surface area contributed by atoms with Gasteiger partial charge in [-0.25, -0.2) is 0 Å².